The van der Waals surface area contributed by atoms with Crippen LogP contribution < -0.4 is 5.32 Å². The maximum atomic E-state index is 4.55. The molecule has 1 aliphatic rings. The van der Waals surface area contributed by atoms with Crippen molar-refractivity contribution in [2.45, 2.75) is 0 Å². The van der Waals surface area contributed by atoms with E-state index in [1.165, 1.54) is 22.7 Å². The van der Waals surface area contributed by atoms with Crippen molar-refractivity contribution in [2.24, 2.45) is 9.98 Å². The average molecular weight is 367 g/mol. The third-order valence-electron chi connectivity index (χ3n) is 2.93. The summed E-state index contributed by atoms with van der Waals surface area (Å²) in [5.41, 5.74) is 2.06. The Balaban J connectivity index is 0.00000144. The molecule has 0 saturated carbocycles. The summed E-state index contributed by atoms with van der Waals surface area (Å²) in [5, 5.41) is 8.53. The van der Waals surface area contributed by atoms with E-state index in [2.05, 4.69) is 25.3 Å². The van der Waals surface area contributed by atoms with E-state index in [1.807, 2.05) is 35.0 Å². The van der Waals surface area contributed by atoms with Crippen LogP contribution in [0.2, 0.25) is 0 Å². The standard InChI is InChI=1S/C14H9N5S2.Fe/c1-2-4-10-9(3-1)11(18-13-15-5-7-20-13)17-12(10)19-14-16-6-8-21-14;/h1-8H,(H,15,16,17,18,19);. The Hall–Kier alpha value is -1.86. The van der Waals surface area contributed by atoms with Crippen LogP contribution in [-0.4, -0.2) is 21.6 Å². The molecule has 1 N–H and O–H groups in total. The van der Waals surface area contributed by atoms with Crippen LogP contribution in [0.4, 0.5) is 10.3 Å². The Kier molecular flexibility index (Phi) is 4.44. The van der Waals surface area contributed by atoms with Crippen LogP contribution in [0.25, 0.3) is 0 Å². The quantitative estimate of drug-likeness (QED) is 0.707. The van der Waals surface area contributed by atoms with Gasteiger partial charge in [-0.25, -0.2) is 20.0 Å². The molecule has 0 atom stereocenters. The number of benzene rings is 1. The largest absolute Gasteiger partial charge is 0.324 e. The number of fused-ring (bicyclic) bond motifs is 1. The molecule has 22 heavy (non-hydrogen) atoms. The summed E-state index contributed by atoms with van der Waals surface area (Å²) in [6.07, 6.45) is 3.49. The number of hydrogen-bond donors (Lipinski definition) is 1. The van der Waals surface area contributed by atoms with E-state index in [0.29, 0.717) is 0 Å². The molecule has 0 radical (unpaired) electrons. The Bertz CT molecular complexity index is 756. The second-order valence-electron chi connectivity index (χ2n) is 4.22. The van der Waals surface area contributed by atoms with Gasteiger partial charge in [0, 0.05) is 51.3 Å². The number of amidine groups is 2. The monoisotopic (exact) mass is 367 g/mol. The summed E-state index contributed by atoms with van der Waals surface area (Å²) in [4.78, 5) is 17.5. The van der Waals surface area contributed by atoms with E-state index in [-0.39, 0.29) is 17.1 Å². The van der Waals surface area contributed by atoms with Gasteiger partial charge in [-0.3, -0.25) is 0 Å². The molecule has 110 valence electrons. The van der Waals surface area contributed by atoms with Gasteiger partial charge < -0.3 is 5.32 Å². The van der Waals surface area contributed by atoms with E-state index in [1.54, 1.807) is 12.4 Å². The van der Waals surface area contributed by atoms with Gasteiger partial charge in [-0.05, 0) is 0 Å². The van der Waals surface area contributed by atoms with Crippen LogP contribution in [0, 0.1) is 0 Å². The van der Waals surface area contributed by atoms with Crippen LogP contribution in [0.5, 0.6) is 0 Å². The maximum Gasteiger partial charge on any atom is 0.211 e. The van der Waals surface area contributed by atoms with Gasteiger partial charge in [-0.2, -0.15) is 0 Å². The molecular formula is C14H9FeN5S2. The summed E-state index contributed by atoms with van der Waals surface area (Å²) >= 11 is 3.00. The van der Waals surface area contributed by atoms with Crippen molar-refractivity contribution in [3.05, 3.63) is 58.5 Å². The molecule has 0 aliphatic carbocycles. The third-order valence-corrected chi connectivity index (χ3v) is 4.26. The number of hydrogen-bond acceptors (Lipinski definition) is 6. The van der Waals surface area contributed by atoms with Gasteiger partial charge in [0.2, 0.25) is 10.3 Å². The minimum Gasteiger partial charge on any atom is -0.324 e. The van der Waals surface area contributed by atoms with Gasteiger partial charge in [0.05, 0.1) is 0 Å². The van der Waals surface area contributed by atoms with E-state index >= 15 is 0 Å². The molecule has 0 bridgehead atoms. The van der Waals surface area contributed by atoms with E-state index in [9.17, 15) is 0 Å². The normalized spacial score (nSPS) is 16.4. The smallest absolute Gasteiger partial charge is 0.211 e. The zero-order chi connectivity index (χ0) is 14.1. The van der Waals surface area contributed by atoms with Crippen molar-refractivity contribution in [1.29, 1.82) is 0 Å². The number of aliphatic imine (C=N–C) groups is 2. The van der Waals surface area contributed by atoms with Crippen molar-refractivity contribution in [1.82, 2.24) is 15.3 Å². The first kappa shape index (κ1) is 15.1. The molecule has 0 amide bonds. The van der Waals surface area contributed by atoms with Crippen LogP contribution >= 0.6 is 22.7 Å². The van der Waals surface area contributed by atoms with Crippen molar-refractivity contribution in [2.75, 3.05) is 0 Å². The minimum atomic E-state index is 0. The van der Waals surface area contributed by atoms with Gasteiger partial charge in [0.1, 0.15) is 11.7 Å². The van der Waals surface area contributed by atoms with E-state index < -0.39 is 0 Å². The number of rotatable bonds is 2. The fourth-order valence-corrected chi connectivity index (χ4v) is 3.07. The molecule has 3 heterocycles. The van der Waals surface area contributed by atoms with Crippen molar-refractivity contribution < 1.29 is 17.1 Å². The van der Waals surface area contributed by atoms with Gasteiger partial charge in [0.25, 0.3) is 0 Å². The number of nitrogens with zero attached hydrogens (tertiary/aromatic N) is 4. The molecule has 2 aromatic heterocycles. The van der Waals surface area contributed by atoms with Gasteiger partial charge >= 0.3 is 0 Å². The number of thiazole rings is 2. The minimum absolute atomic E-state index is 0. The van der Waals surface area contributed by atoms with Gasteiger partial charge in [0.15, 0.2) is 0 Å². The summed E-state index contributed by atoms with van der Waals surface area (Å²) in [6, 6.07) is 8.03. The predicted molar refractivity (Wildman–Crippen MR) is 86.2 cm³/mol. The molecule has 0 saturated heterocycles. The maximum absolute atomic E-state index is 4.55. The molecule has 8 heteroatoms. The first-order valence-corrected chi connectivity index (χ1v) is 7.99. The molecule has 4 rings (SSSR count). The molecule has 0 spiro atoms. The fraction of sp³-hybridized carbons (Fsp3) is 0. The zero-order valence-corrected chi connectivity index (χ0v) is 13.8. The average Bonchev–Trinajstić information content (AvgIpc) is 3.23. The molecule has 1 aliphatic heterocycles. The second-order valence-corrected chi connectivity index (χ2v) is 5.97. The predicted octanol–water partition coefficient (Wildman–Crippen LogP) is 3.36. The van der Waals surface area contributed by atoms with Crippen LogP contribution in [-0.2, 0) is 17.1 Å². The molecule has 0 fully saturated rings. The van der Waals surface area contributed by atoms with E-state index in [0.717, 1.165) is 33.1 Å². The molecule has 0 unspecified atom stereocenters. The van der Waals surface area contributed by atoms with Gasteiger partial charge in [-0.1, -0.05) is 24.3 Å². The summed E-state index contributed by atoms with van der Waals surface area (Å²) < 4.78 is 0. The molecular weight excluding hydrogens is 358 g/mol. The fourth-order valence-electron chi connectivity index (χ4n) is 2.05. The Morgan fingerprint density at radius 2 is 1.32 bits per heavy atom. The molecule has 5 nitrogen and oxygen atoms in total. The van der Waals surface area contributed by atoms with Crippen LogP contribution in [0.3, 0.4) is 0 Å². The Morgan fingerprint density at radius 3 is 1.73 bits per heavy atom. The first-order valence-electron chi connectivity index (χ1n) is 6.23. The Morgan fingerprint density at radius 1 is 0.818 bits per heavy atom. The van der Waals surface area contributed by atoms with Crippen LogP contribution in [0.15, 0.2) is 57.4 Å². The van der Waals surface area contributed by atoms with Crippen molar-refractivity contribution in [3.8, 4) is 0 Å². The van der Waals surface area contributed by atoms with Crippen molar-refractivity contribution >= 4 is 44.6 Å². The third kappa shape index (κ3) is 2.86. The summed E-state index contributed by atoms with van der Waals surface area (Å²) in [7, 11) is 0. The summed E-state index contributed by atoms with van der Waals surface area (Å²) in [5.74, 6) is 1.55. The number of aromatic nitrogens is 2. The van der Waals surface area contributed by atoms with Crippen molar-refractivity contribution in [3.63, 3.8) is 0 Å². The summed E-state index contributed by atoms with van der Waals surface area (Å²) in [6.45, 7) is 0. The van der Waals surface area contributed by atoms with Gasteiger partial charge in [-0.15, -0.1) is 22.7 Å². The number of nitrogens with one attached hydrogen (secondary N) is 1. The zero-order valence-electron chi connectivity index (χ0n) is 11.1. The Labute approximate surface area is 145 Å². The van der Waals surface area contributed by atoms with E-state index in [4.69, 9.17) is 0 Å². The second kappa shape index (κ2) is 6.49. The molecule has 3 aromatic rings. The SMILES string of the molecule is [Fe].c1ccc2c(c1)C(=Nc1nccs1)NC2=Nc1nccs1. The van der Waals surface area contributed by atoms with Crippen LogP contribution in [0.1, 0.15) is 11.1 Å². The molecule has 1 aromatic carbocycles. The topological polar surface area (TPSA) is 62.5 Å². The first-order chi connectivity index (χ1) is 10.4.